The van der Waals surface area contributed by atoms with Gasteiger partial charge < -0.3 is 24.1 Å². The maximum atomic E-state index is 14.4. The van der Waals surface area contributed by atoms with Gasteiger partial charge in [0.25, 0.3) is 0 Å². The lowest BCUT2D eigenvalue weighted by Crippen LogP contribution is -2.43. The zero-order chi connectivity index (χ0) is 30.0. The van der Waals surface area contributed by atoms with Crippen molar-refractivity contribution in [1.29, 1.82) is 0 Å². The van der Waals surface area contributed by atoms with E-state index in [0.717, 1.165) is 27.9 Å². The quantitative estimate of drug-likeness (QED) is 0.121. The van der Waals surface area contributed by atoms with Crippen molar-refractivity contribution in [1.82, 2.24) is 4.98 Å². The zero-order valence-electron chi connectivity index (χ0n) is 24.5. The number of esters is 1. The van der Waals surface area contributed by atoms with Crippen LogP contribution in [0.5, 0.6) is 11.5 Å². The summed E-state index contributed by atoms with van der Waals surface area (Å²) < 4.78 is 18.1. The van der Waals surface area contributed by atoms with E-state index in [2.05, 4.69) is 9.88 Å². The number of carbonyl (C=O) groups is 2. The number of para-hydroxylation sites is 2. The molecule has 4 aromatic carbocycles. The molecule has 1 aliphatic heterocycles. The Labute approximate surface area is 251 Å². The Hall–Kier alpha value is -5.04. The normalized spacial score (nSPS) is 15.7. The summed E-state index contributed by atoms with van der Waals surface area (Å²) in [5, 5.41) is 0.798. The van der Waals surface area contributed by atoms with Crippen molar-refractivity contribution in [3.63, 3.8) is 0 Å². The first-order chi connectivity index (χ1) is 20.8. The summed E-state index contributed by atoms with van der Waals surface area (Å²) in [6.07, 6.45) is 1.66. The highest BCUT2D eigenvalue weighted by atomic mass is 16.5. The van der Waals surface area contributed by atoms with E-state index in [1.54, 1.807) is 25.3 Å². The van der Waals surface area contributed by atoms with Crippen molar-refractivity contribution in [2.45, 2.75) is 32.0 Å². The number of hydrogen-bond donors (Lipinski definition) is 1. The van der Waals surface area contributed by atoms with Crippen molar-refractivity contribution in [3.8, 4) is 11.5 Å². The number of likely N-dealkylation sites (N-methyl/N-ethyl adjacent to an activating group) is 1. The molecule has 1 N–H and O–H groups in total. The number of benzene rings is 4. The van der Waals surface area contributed by atoms with E-state index < -0.39 is 11.4 Å². The highest BCUT2D eigenvalue weighted by Crippen LogP contribution is 2.37. The molecular formula is C36H34N2O5. The van der Waals surface area contributed by atoms with Gasteiger partial charge in [-0.15, -0.1) is 0 Å². The monoisotopic (exact) mass is 574 g/mol. The van der Waals surface area contributed by atoms with E-state index in [-0.39, 0.29) is 18.5 Å². The fourth-order valence-corrected chi connectivity index (χ4v) is 5.73. The Bertz CT molecular complexity index is 1780. The highest BCUT2D eigenvalue weighted by molar-refractivity contribution is 6.19. The summed E-state index contributed by atoms with van der Waals surface area (Å²) in [4.78, 5) is 33.6. The lowest BCUT2D eigenvalue weighted by atomic mass is 9.74. The third kappa shape index (κ3) is 5.46. The van der Waals surface area contributed by atoms with E-state index >= 15 is 0 Å². The van der Waals surface area contributed by atoms with Crippen LogP contribution in [0.3, 0.4) is 0 Å². The molecule has 7 nitrogen and oxygen atoms in total. The van der Waals surface area contributed by atoms with Crippen molar-refractivity contribution in [2.24, 2.45) is 0 Å². The number of aryl methyl sites for hydroxylation is 1. The zero-order valence-corrected chi connectivity index (χ0v) is 24.5. The number of hydrogen-bond acceptors (Lipinski definition) is 6. The molecule has 0 saturated carbocycles. The van der Waals surface area contributed by atoms with Crippen molar-refractivity contribution < 1.29 is 23.8 Å². The predicted molar refractivity (Wildman–Crippen MR) is 167 cm³/mol. The summed E-state index contributed by atoms with van der Waals surface area (Å²) in [5.74, 6) is 0.517. The van der Waals surface area contributed by atoms with Crippen molar-refractivity contribution in [3.05, 3.63) is 126 Å². The summed E-state index contributed by atoms with van der Waals surface area (Å²) in [5.41, 5.74) is 2.88. The van der Waals surface area contributed by atoms with Crippen molar-refractivity contribution in [2.75, 3.05) is 25.1 Å². The van der Waals surface area contributed by atoms with Gasteiger partial charge >= 0.3 is 5.97 Å². The lowest BCUT2D eigenvalue weighted by Gasteiger charge is -2.33. The SMILES string of the molecule is Cc1cc(OC[C@@H]2CN(C)c3ccccc3O2)ccc1C(=O)C(C)(C(=O)OCc1ccccc1)c1cccc2[nH]ccc12. The number of fused-ring (bicyclic) bond motifs is 2. The number of anilines is 1. The van der Waals surface area contributed by atoms with E-state index in [9.17, 15) is 9.59 Å². The maximum Gasteiger partial charge on any atom is 0.324 e. The number of nitrogens with one attached hydrogen (secondary N) is 1. The van der Waals surface area contributed by atoms with Crippen LogP contribution in [0.1, 0.15) is 34.0 Å². The first-order valence-electron chi connectivity index (χ1n) is 14.4. The Balaban J connectivity index is 1.25. The number of Topliss-reactive ketones (excluding diaryl/α,β-unsaturated/α-hetero) is 1. The Morgan fingerprint density at radius 1 is 0.977 bits per heavy atom. The van der Waals surface area contributed by atoms with Gasteiger partial charge in [0.15, 0.2) is 11.2 Å². The van der Waals surface area contributed by atoms with E-state index in [4.69, 9.17) is 14.2 Å². The van der Waals surface area contributed by atoms with Crippen molar-refractivity contribution >= 4 is 28.3 Å². The molecule has 218 valence electrons. The lowest BCUT2D eigenvalue weighted by molar-refractivity contribution is -0.149. The molecule has 0 fully saturated rings. The van der Waals surface area contributed by atoms with Gasteiger partial charge in [0.2, 0.25) is 0 Å². The maximum absolute atomic E-state index is 14.4. The van der Waals surface area contributed by atoms with Gasteiger partial charge in [-0.1, -0.05) is 54.6 Å². The molecule has 0 bridgehead atoms. The third-order valence-corrected chi connectivity index (χ3v) is 8.13. The number of aromatic nitrogens is 1. The fourth-order valence-electron chi connectivity index (χ4n) is 5.73. The van der Waals surface area contributed by atoms with Gasteiger partial charge in [-0.3, -0.25) is 9.59 Å². The number of rotatable bonds is 9. The Morgan fingerprint density at radius 2 is 1.77 bits per heavy atom. The second-order valence-electron chi connectivity index (χ2n) is 11.1. The molecule has 1 aliphatic rings. The number of aromatic amines is 1. The number of carbonyl (C=O) groups excluding carboxylic acids is 2. The molecule has 43 heavy (non-hydrogen) atoms. The van der Waals surface area contributed by atoms with Gasteiger partial charge in [0.1, 0.15) is 30.8 Å². The number of ketones is 1. The van der Waals surface area contributed by atoms with E-state index in [0.29, 0.717) is 35.6 Å². The minimum absolute atomic E-state index is 0.0698. The number of nitrogens with zero attached hydrogens (tertiary/aromatic N) is 1. The minimum Gasteiger partial charge on any atom is -0.490 e. The van der Waals surface area contributed by atoms with Crippen LogP contribution in [0.15, 0.2) is 103 Å². The number of ether oxygens (including phenoxy) is 3. The largest absolute Gasteiger partial charge is 0.490 e. The molecule has 1 unspecified atom stereocenters. The van der Waals surface area contributed by atoms with Gasteiger partial charge in [-0.2, -0.15) is 0 Å². The molecule has 2 heterocycles. The van der Waals surface area contributed by atoms with Gasteiger partial charge in [-0.25, -0.2) is 0 Å². The smallest absolute Gasteiger partial charge is 0.324 e. The summed E-state index contributed by atoms with van der Waals surface area (Å²) >= 11 is 0. The predicted octanol–water partition coefficient (Wildman–Crippen LogP) is 6.64. The first kappa shape index (κ1) is 28.1. The van der Waals surface area contributed by atoms with Crippen LogP contribution < -0.4 is 14.4 Å². The summed E-state index contributed by atoms with van der Waals surface area (Å²) in [6.45, 7) is 4.63. The Kier molecular flexibility index (Phi) is 7.63. The van der Waals surface area contributed by atoms with E-state index in [1.165, 1.54) is 0 Å². The second kappa shape index (κ2) is 11.7. The number of H-pyrrole nitrogens is 1. The molecule has 5 aromatic rings. The van der Waals surface area contributed by atoms with Crippen LogP contribution in [0.2, 0.25) is 0 Å². The Morgan fingerprint density at radius 3 is 2.58 bits per heavy atom. The minimum atomic E-state index is -1.59. The molecule has 0 aliphatic carbocycles. The molecule has 0 radical (unpaired) electrons. The fraction of sp³-hybridized carbons (Fsp3) is 0.222. The average molecular weight is 575 g/mol. The van der Waals surface area contributed by atoms with Crippen LogP contribution in [0, 0.1) is 6.92 Å². The van der Waals surface area contributed by atoms with Gasteiger partial charge in [-0.05, 0) is 73.0 Å². The van der Waals surface area contributed by atoms with Crippen LogP contribution in [-0.4, -0.2) is 43.0 Å². The molecule has 0 saturated heterocycles. The first-order valence-corrected chi connectivity index (χ1v) is 14.4. The van der Waals surface area contributed by atoms with Crippen LogP contribution in [0.25, 0.3) is 10.9 Å². The van der Waals surface area contributed by atoms with Crippen LogP contribution >= 0.6 is 0 Å². The molecule has 0 amide bonds. The molecule has 7 heteroatoms. The highest BCUT2D eigenvalue weighted by Gasteiger charge is 2.46. The third-order valence-electron chi connectivity index (χ3n) is 8.13. The molecular weight excluding hydrogens is 540 g/mol. The summed E-state index contributed by atoms with van der Waals surface area (Å²) in [7, 11) is 2.04. The topological polar surface area (TPSA) is 80.9 Å². The molecule has 0 spiro atoms. The van der Waals surface area contributed by atoms with Crippen LogP contribution in [0.4, 0.5) is 5.69 Å². The standard InChI is InChI=1S/C36H34N2O5/c1-24-20-26(41-23-27-21-38(3)32-14-7-8-15-33(32)43-27)16-17-28(24)34(39)36(2,30-12-9-13-31-29(30)18-19-37-31)35(40)42-22-25-10-5-4-6-11-25/h4-20,27,37H,21-23H2,1-3H3/t27-,36?/m0/s1. The second-order valence-corrected chi connectivity index (χ2v) is 11.1. The molecule has 1 aromatic heterocycles. The average Bonchev–Trinajstić information content (AvgIpc) is 3.52. The van der Waals surface area contributed by atoms with Gasteiger partial charge in [0, 0.05) is 29.7 Å². The summed E-state index contributed by atoms with van der Waals surface area (Å²) in [6, 6.07) is 30.2. The van der Waals surface area contributed by atoms with Gasteiger partial charge in [0.05, 0.1) is 12.2 Å². The van der Waals surface area contributed by atoms with Crippen LogP contribution in [-0.2, 0) is 21.6 Å². The molecule has 2 atom stereocenters. The van der Waals surface area contributed by atoms with E-state index in [1.807, 2.05) is 98.9 Å². The molecule has 6 rings (SSSR count).